The van der Waals surface area contributed by atoms with Crippen molar-refractivity contribution in [2.75, 3.05) is 0 Å². The molecule has 0 saturated carbocycles. The lowest BCUT2D eigenvalue weighted by atomic mass is 10.0. The molecule has 0 aliphatic rings. The minimum Gasteiger partial charge on any atom is -0.477 e. The van der Waals surface area contributed by atoms with Crippen molar-refractivity contribution in [3.05, 3.63) is 113 Å². The number of hydrogen-bond donors (Lipinski definition) is 1. The number of carboxylic acids is 1. The fourth-order valence-electron chi connectivity index (χ4n) is 4.40. The van der Waals surface area contributed by atoms with E-state index >= 15 is 0 Å². The fraction of sp³-hybridized carbons (Fsp3) is 0.0345. The molecule has 6 rings (SSSR count). The maximum Gasteiger partial charge on any atom is 0.342 e. The summed E-state index contributed by atoms with van der Waals surface area (Å²) in [6.45, 7) is 0.677. The molecule has 6 heteroatoms. The van der Waals surface area contributed by atoms with Gasteiger partial charge in [-0.25, -0.2) is 9.78 Å². The minimum absolute atomic E-state index is 0.143. The summed E-state index contributed by atoms with van der Waals surface area (Å²) in [6.07, 6.45) is 3.71. The molecule has 35 heavy (non-hydrogen) atoms. The topological polar surface area (TPSA) is 68.3 Å². The van der Waals surface area contributed by atoms with Gasteiger partial charge in [0, 0.05) is 29.2 Å². The molecule has 0 atom stereocenters. The smallest absolute Gasteiger partial charge is 0.342 e. The standard InChI is InChI=1S/C29H20N2O3S/c32-28(33)27(35-29-30-24-13-4-6-15-26(24)34-29)16-21-18-31(25-14-5-3-12-23(21)25)17-20-10-7-9-19-8-1-2-11-22(19)20/h1-16,18H,17H2,(H,32,33)/b27-16-. The molecule has 0 bridgehead atoms. The highest BCUT2D eigenvalue weighted by Gasteiger charge is 2.17. The van der Waals surface area contributed by atoms with Crippen LogP contribution in [0.2, 0.25) is 0 Å². The Hall–Kier alpha value is -4.29. The van der Waals surface area contributed by atoms with Crippen LogP contribution in [0.1, 0.15) is 11.1 Å². The quantitative estimate of drug-likeness (QED) is 0.203. The van der Waals surface area contributed by atoms with Crippen LogP contribution in [0.3, 0.4) is 0 Å². The first-order chi connectivity index (χ1) is 17.2. The van der Waals surface area contributed by atoms with Crippen LogP contribution >= 0.6 is 11.8 Å². The Labute approximate surface area is 205 Å². The number of rotatable bonds is 6. The molecular weight excluding hydrogens is 456 g/mol. The Morgan fingerprint density at radius 3 is 2.51 bits per heavy atom. The fourth-order valence-corrected chi connectivity index (χ4v) is 5.14. The van der Waals surface area contributed by atoms with E-state index in [-0.39, 0.29) is 4.91 Å². The zero-order valence-electron chi connectivity index (χ0n) is 18.6. The van der Waals surface area contributed by atoms with Gasteiger partial charge < -0.3 is 14.1 Å². The van der Waals surface area contributed by atoms with Gasteiger partial charge in [-0.15, -0.1) is 0 Å². The van der Waals surface area contributed by atoms with E-state index < -0.39 is 5.97 Å². The maximum atomic E-state index is 12.1. The second-order valence-corrected chi connectivity index (χ2v) is 9.22. The monoisotopic (exact) mass is 476 g/mol. The molecule has 5 nitrogen and oxygen atoms in total. The molecule has 170 valence electrons. The lowest BCUT2D eigenvalue weighted by molar-refractivity contribution is -0.131. The van der Waals surface area contributed by atoms with Crippen molar-refractivity contribution in [3.8, 4) is 0 Å². The van der Waals surface area contributed by atoms with Crippen LogP contribution in [0.15, 0.2) is 112 Å². The van der Waals surface area contributed by atoms with Crippen molar-refractivity contribution in [1.29, 1.82) is 0 Å². The van der Waals surface area contributed by atoms with Crippen molar-refractivity contribution in [2.45, 2.75) is 11.8 Å². The first-order valence-electron chi connectivity index (χ1n) is 11.2. The highest BCUT2D eigenvalue weighted by Crippen LogP contribution is 2.33. The summed E-state index contributed by atoms with van der Waals surface area (Å²) in [7, 11) is 0. The average Bonchev–Trinajstić information content (AvgIpc) is 3.45. The van der Waals surface area contributed by atoms with Gasteiger partial charge in [0.25, 0.3) is 5.22 Å². The van der Waals surface area contributed by atoms with Gasteiger partial charge in [-0.1, -0.05) is 72.8 Å². The largest absolute Gasteiger partial charge is 0.477 e. The van der Waals surface area contributed by atoms with Crippen molar-refractivity contribution >= 4 is 56.6 Å². The Morgan fingerprint density at radius 2 is 1.66 bits per heavy atom. The number of fused-ring (bicyclic) bond motifs is 3. The molecule has 1 N–H and O–H groups in total. The molecule has 0 aliphatic heterocycles. The first kappa shape index (κ1) is 21.3. The molecule has 0 spiro atoms. The number of para-hydroxylation sites is 3. The van der Waals surface area contributed by atoms with Crippen molar-refractivity contribution < 1.29 is 14.3 Å². The minimum atomic E-state index is -1.02. The number of aliphatic carboxylic acids is 1. The summed E-state index contributed by atoms with van der Waals surface area (Å²) in [5.41, 5.74) is 4.42. The highest BCUT2D eigenvalue weighted by atomic mass is 32.2. The zero-order chi connectivity index (χ0) is 23.8. The number of carboxylic acid groups (broad SMARTS) is 1. The summed E-state index contributed by atoms with van der Waals surface area (Å²) in [5.74, 6) is -1.02. The lowest BCUT2D eigenvalue weighted by Crippen LogP contribution is -1.99. The molecule has 4 aromatic carbocycles. The van der Waals surface area contributed by atoms with E-state index in [1.165, 1.54) is 16.3 Å². The van der Waals surface area contributed by atoms with Gasteiger partial charge in [-0.2, -0.15) is 0 Å². The Kier molecular flexibility index (Phi) is 5.35. The second-order valence-electron chi connectivity index (χ2n) is 8.23. The van der Waals surface area contributed by atoms with E-state index in [0.717, 1.165) is 28.2 Å². The van der Waals surface area contributed by atoms with E-state index in [1.54, 1.807) is 6.08 Å². The number of benzene rings is 4. The molecule has 0 aliphatic carbocycles. The van der Waals surface area contributed by atoms with Gasteiger partial charge in [0.15, 0.2) is 5.58 Å². The summed E-state index contributed by atoms with van der Waals surface area (Å²) in [4.78, 5) is 16.7. The van der Waals surface area contributed by atoms with Gasteiger partial charge >= 0.3 is 5.97 Å². The summed E-state index contributed by atoms with van der Waals surface area (Å²) in [5, 5.41) is 13.6. The Balaban J connectivity index is 1.41. The third-order valence-electron chi connectivity index (χ3n) is 6.01. The van der Waals surface area contributed by atoms with E-state index in [0.29, 0.717) is 22.9 Å². The third kappa shape index (κ3) is 4.09. The van der Waals surface area contributed by atoms with Gasteiger partial charge in [0.1, 0.15) is 10.4 Å². The van der Waals surface area contributed by atoms with Crippen molar-refractivity contribution in [2.24, 2.45) is 0 Å². The number of aromatic nitrogens is 2. The van der Waals surface area contributed by atoms with Crippen LogP contribution in [0, 0.1) is 0 Å². The Bertz CT molecular complexity index is 1710. The van der Waals surface area contributed by atoms with Gasteiger partial charge in [0.05, 0.1) is 0 Å². The predicted molar refractivity (Wildman–Crippen MR) is 140 cm³/mol. The zero-order valence-corrected chi connectivity index (χ0v) is 19.4. The van der Waals surface area contributed by atoms with E-state index in [2.05, 4.69) is 52.0 Å². The number of oxazole rings is 1. The second kappa shape index (κ2) is 8.81. The van der Waals surface area contributed by atoms with Gasteiger partial charge in [-0.3, -0.25) is 0 Å². The Morgan fingerprint density at radius 1 is 0.914 bits per heavy atom. The molecule has 0 unspecified atom stereocenters. The lowest BCUT2D eigenvalue weighted by Gasteiger charge is -2.09. The van der Waals surface area contributed by atoms with Gasteiger partial charge in [-0.05, 0) is 52.4 Å². The number of nitrogens with zero attached hydrogens (tertiary/aromatic N) is 2. The normalized spacial score (nSPS) is 12.1. The van der Waals surface area contributed by atoms with Crippen LogP contribution in [0.25, 0.3) is 38.9 Å². The van der Waals surface area contributed by atoms with Crippen LogP contribution in [-0.2, 0) is 11.3 Å². The van der Waals surface area contributed by atoms with Crippen LogP contribution in [0.5, 0.6) is 0 Å². The highest BCUT2D eigenvalue weighted by molar-refractivity contribution is 8.03. The predicted octanol–water partition coefficient (Wildman–Crippen LogP) is 7.20. The molecule has 0 fully saturated rings. The molecule has 6 aromatic rings. The van der Waals surface area contributed by atoms with E-state index in [9.17, 15) is 9.90 Å². The van der Waals surface area contributed by atoms with Crippen molar-refractivity contribution in [1.82, 2.24) is 9.55 Å². The number of thioether (sulfide) groups is 1. The van der Waals surface area contributed by atoms with Crippen LogP contribution in [-0.4, -0.2) is 20.6 Å². The third-order valence-corrected chi connectivity index (χ3v) is 6.87. The van der Waals surface area contributed by atoms with Crippen molar-refractivity contribution in [3.63, 3.8) is 0 Å². The molecule has 0 radical (unpaired) electrons. The van der Waals surface area contributed by atoms with Crippen LogP contribution < -0.4 is 0 Å². The molecule has 2 heterocycles. The summed E-state index contributed by atoms with van der Waals surface area (Å²) >= 11 is 1.02. The molecule has 0 saturated heterocycles. The first-order valence-corrected chi connectivity index (χ1v) is 12.0. The number of carbonyl (C=O) groups is 1. The maximum absolute atomic E-state index is 12.1. The van der Waals surface area contributed by atoms with E-state index in [4.69, 9.17) is 4.42 Å². The number of hydrogen-bond acceptors (Lipinski definition) is 4. The van der Waals surface area contributed by atoms with E-state index in [1.807, 2.05) is 54.7 Å². The summed E-state index contributed by atoms with van der Waals surface area (Å²) < 4.78 is 7.91. The van der Waals surface area contributed by atoms with Crippen LogP contribution in [0.4, 0.5) is 0 Å². The molecular formula is C29H20N2O3S. The SMILES string of the molecule is O=C(O)/C(=C/c1cn(Cc2cccc3ccccc23)c2ccccc12)Sc1nc2ccccc2o1. The average molecular weight is 477 g/mol. The molecule has 0 amide bonds. The molecule has 2 aromatic heterocycles. The van der Waals surface area contributed by atoms with Gasteiger partial charge in [0.2, 0.25) is 0 Å². The summed E-state index contributed by atoms with van der Waals surface area (Å²) in [6, 6.07) is 30.1.